The SMILES string of the molecule is COC(=O)C(C(=O)OC)C1C=C(c2ccccc2)CCC1. The maximum Gasteiger partial charge on any atom is 0.320 e. The van der Waals surface area contributed by atoms with Crippen molar-refractivity contribution in [3.8, 4) is 0 Å². The molecule has 4 nitrogen and oxygen atoms in total. The van der Waals surface area contributed by atoms with Crippen molar-refractivity contribution in [2.45, 2.75) is 19.3 Å². The molecule has 0 aromatic heterocycles. The number of methoxy groups -OCH3 is 2. The highest BCUT2D eigenvalue weighted by molar-refractivity contribution is 5.95. The first-order valence-corrected chi connectivity index (χ1v) is 7.09. The number of hydrogen-bond acceptors (Lipinski definition) is 4. The van der Waals surface area contributed by atoms with Crippen LogP contribution in [0.1, 0.15) is 24.8 Å². The van der Waals surface area contributed by atoms with Gasteiger partial charge in [0.1, 0.15) is 0 Å². The summed E-state index contributed by atoms with van der Waals surface area (Å²) in [7, 11) is 2.59. The van der Waals surface area contributed by atoms with Gasteiger partial charge in [-0.1, -0.05) is 36.4 Å². The lowest BCUT2D eigenvalue weighted by Crippen LogP contribution is -2.33. The molecule has 1 aromatic rings. The van der Waals surface area contributed by atoms with Gasteiger partial charge in [-0.2, -0.15) is 0 Å². The molecule has 0 amide bonds. The summed E-state index contributed by atoms with van der Waals surface area (Å²) in [6.45, 7) is 0. The van der Waals surface area contributed by atoms with Crippen LogP contribution >= 0.6 is 0 Å². The Bertz CT molecular complexity index is 517. The lowest BCUT2D eigenvalue weighted by atomic mass is 9.80. The molecule has 1 aliphatic carbocycles. The molecule has 0 N–H and O–H groups in total. The first-order valence-electron chi connectivity index (χ1n) is 7.09. The van der Waals surface area contributed by atoms with Crippen LogP contribution in [-0.2, 0) is 19.1 Å². The van der Waals surface area contributed by atoms with Gasteiger partial charge in [-0.15, -0.1) is 0 Å². The van der Waals surface area contributed by atoms with Gasteiger partial charge in [0.05, 0.1) is 14.2 Å². The fourth-order valence-electron chi connectivity index (χ4n) is 2.81. The Morgan fingerprint density at radius 1 is 1.10 bits per heavy atom. The van der Waals surface area contributed by atoms with E-state index in [9.17, 15) is 9.59 Å². The summed E-state index contributed by atoms with van der Waals surface area (Å²) in [4.78, 5) is 23.8. The minimum Gasteiger partial charge on any atom is -0.468 e. The van der Waals surface area contributed by atoms with Crippen LogP contribution < -0.4 is 0 Å². The molecule has 1 aliphatic rings. The topological polar surface area (TPSA) is 52.6 Å². The molecule has 0 spiro atoms. The van der Waals surface area contributed by atoms with E-state index in [4.69, 9.17) is 9.47 Å². The predicted molar refractivity (Wildman–Crippen MR) is 79.3 cm³/mol. The lowest BCUT2D eigenvalue weighted by Gasteiger charge is -2.25. The van der Waals surface area contributed by atoms with Crippen molar-refractivity contribution in [1.82, 2.24) is 0 Å². The van der Waals surface area contributed by atoms with Crippen molar-refractivity contribution in [2.75, 3.05) is 14.2 Å². The van der Waals surface area contributed by atoms with Gasteiger partial charge in [0.15, 0.2) is 5.92 Å². The van der Waals surface area contributed by atoms with E-state index in [0.717, 1.165) is 24.8 Å². The number of carbonyl (C=O) groups excluding carboxylic acids is 2. The molecule has 0 heterocycles. The number of allylic oxidation sites excluding steroid dienone is 2. The van der Waals surface area contributed by atoms with E-state index in [0.29, 0.717) is 0 Å². The number of rotatable bonds is 4. The Balaban J connectivity index is 2.29. The number of benzene rings is 1. The molecule has 21 heavy (non-hydrogen) atoms. The van der Waals surface area contributed by atoms with E-state index in [1.165, 1.54) is 19.8 Å². The van der Waals surface area contributed by atoms with Crippen LogP contribution in [0, 0.1) is 11.8 Å². The molecule has 1 atom stereocenters. The van der Waals surface area contributed by atoms with Crippen molar-refractivity contribution in [2.24, 2.45) is 11.8 Å². The van der Waals surface area contributed by atoms with Crippen molar-refractivity contribution in [1.29, 1.82) is 0 Å². The fourth-order valence-corrected chi connectivity index (χ4v) is 2.81. The quantitative estimate of drug-likeness (QED) is 0.631. The Kier molecular flexibility index (Phi) is 5.14. The molecule has 0 fully saturated rings. The van der Waals surface area contributed by atoms with Gasteiger partial charge < -0.3 is 9.47 Å². The third-order valence-electron chi connectivity index (χ3n) is 3.88. The highest BCUT2D eigenvalue weighted by atomic mass is 16.5. The van der Waals surface area contributed by atoms with Gasteiger partial charge in [-0.3, -0.25) is 9.59 Å². The lowest BCUT2D eigenvalue weighted by molar-refractivity contribution is -0.160. The molecule has 0 bridgehead atoms. The molecule has 0 saturated carbocycles. The smallest absolute Gasteiger partial charge is 0.320 e. The molecule has 0 saturated heterocycles. The molecule has 1 unspecified atom stereocenters. The van der Waals surface area contributed by atoms with Crippen LogP contribution in [-0.4, -0.2) is 26.2 Å². The van der Waals surface area contributed by atoms with E-state index >= 15 is 0 Å². The maximum absolute atomic E-state index is 11.9. The number of hydrogen-bond donors (Lipinski definition) is 0. The van der Waals surface area contributed by atoms with E-state index in [2.05, 4.69) is 0 Å². The maximum atomic E-state index is 11.9. The second-order valence-corrected chi connectivity index (χ2v) is 5.14. The van der Waals surface area contributed by atoms with E-state index in [1.54, 1.807) is 0 Å². The van der Waals surface area contributed by atoms with Gasteiger partial charge in [0.2, 0.25) is 0 Å². The van der Waals surface area contributed by atoms with Crippen molar-refractivity contribution >= 4 is 17.5 Å². The predicted octanol–water partition coefficient (Wildman–Crippen LogP) is 2.83. The standard InChI is InChI=1S/C17H20O4/c1-20-16(18)15(17(19)21-2)14-10-6-9-13(11-14)12-7-4-3-5-8-12/h3-5,7-8,11,14-15H,6,9-10H2,1-2H3. The first kappa shape index (κ1) is 15.3. The van der Waals surface area contributed by atoms with Crippen LogP contribution in [0.5, 0.6) is 0 Å². The number of ether oxygens (including phenoxy) is 2. The Morgan fingerprint density at radius 3 is 2.29 bits per heavy atom. The zero-order valence-electron chi connectivity index (χ0n) is 12.4. The van der Waals surface area contributed by atoms with Crippen LogP contribution in [0.15, 0.2) is 36.4 Å². The molecular weight excluding hydrogens is 268 g/mol. The van der Waals surface area contributed by atoms with Crippen LogP contribution in [0.25, 0.3) is 5.57 Å². The second-order valence-electron chi connectivity index (χ2n) is 5.14. The van der Waals surface area contributed by atoms with Gasteiger partial charge in [-0.05, 0) is 30.4 Å². The normalized spacial score (nSPS) is 18.0. The minimum absolute atomic E-state index is 0.172. The molecule has 112 valence electrons. The first-order chi connectivity index (χ1) is 10.2. The fraction of sp³-hybridized carbons (Fsp3) is 0.412. The van der Waals surface area contributed by atoms with Crippen LogP contribution in [0.3, 0.4) is 0 Å². The summed E-state index contributed by atoms with van der Waals surface area (Å²) in [6.07, 6.45) is 4.70. The minimum atomic E-state index is -0.876. The second kappa shape index (κ2) is 7.07. The zero-order chi connectivity index (χ0) is 15.2. The van der Waals surface area contributed by atoms with Gasteiger partial charge in [0.25, 0.3) is 0 Å². The largest absolute Gasteiger partial charge is 0.468 e. The Labute approximate surface area is 124 Å². The Hall–Kier alpha value is -2.10. The Morgan fingerprint density at radius 2 is 1.71 bits per heavy atom. The van der Waals surface area contributed by atoms with E-state index in [-0.39, 0.29) is 5.92 Å². The average molecular weight is 288 g/mol. The van der Waals surface area contributed by atoms with E-state index < -0.39 is 17.9 Å². The van der Waals surface area contributed by atoms with Crippen molar-refractivity contribution in [3.05, 3.63) is 42.0 Å². The summed E-state index contributed by atoms with van der Waals surface area (Å²) in [5.41, 5.74) is 2.31. The summed E-state index contributed by atoms with van der Waals surface area (Å²) < 4.78 is 9.52. The third-order valence-corrected chi connectivity index (χ3v) is 3.88. The zero-order valence-corrected chi connectivity index (χ0v) is 12.4. The summed E-state index contributed by atoms with van der Waals surface area (Å²) in [6, 6.07) is 10.0. The van der Waals surface area contributed by atoms with Gasteiger partial charge >= 0.3 is 11.9 Å². The summed E-state index contributed by atoms with van der Waals surface area (Å²) >= 11 is 0. The summed E-state index contributed by atoms with van der Waals surface area (Å²) in [5, 5.41) is 0. The molecular formula is C17H20O4. The van der Waals surface area contributed by atoms with Crippen molar-refractivity contribution in [3.63, 3.8) is 0 Å². The molecule has 2 rings (SSSR count). The highest BCUT2D eigenvalue weighted by Crippen LogP contribution is 2.34. The molecule has 1 aromatic carbocycles. The molecule has 0 radical (unpaired) electrons. The number of esters is 2. The monoisotopic (exact) mass is 288 g/mol. The van der Waals surface area contributed by atoms with Crippen LogP contribution in [0.4, 0.5) is 0 Å². The van der Waals surface area contributed by atoms with Gasteiger partial charge in [0, 0.05) is 5.92 Å². The molecule has 0 aliphatic heterocycles. The van der Waals surface area contributed by atoms with E-state index in [1.807, 2.05) is 36.4 Å². The highest BCUT2D eigenvalue weighted by Gasteiger charge is 2.36. The molecule has 4 heteroatoms. The summed E-state index contributed by atoms with van der Waals surface area (Å²) in [5.74, 6) is -2.11. The van der Waals surface area contributed by atoms with Crippen molar-refractivity contribution < 1.29 is 19.1 Å². The van der Waals surface area contributed by atoms with Gasteiger partial charge in [-0.25, -0.2) is 0 Å². The average Bonchev–Trinajstić information content (AvgIpc) is 2.55. The third kappa shape index (κ3) is 3.51. The number of carbonyl (C=O) groups is 2. The van der Waals surface area contributed by atoms with Crippen LogP contribution in [0.2, 0.25) is 0 Å².